The Balaban J connectivity index is 1.91. The highest BCUT2D eigenvalue weighted by molar-refractivity contribution is 5.93. The average Bonchev–Trinajstić information content (AvgIpc) is 3.23. The number of benzene rings is 3. The van der Waals surface area contributed by atoms with Crippen LogP contribution in [-0.2, 0) is 9.59 Å². The lowest BCUT2D eigenvalue weighted by Crippen LogP contribution is -2.17. The van der Waals surface area contributed by atoms with Crippen molar-refractivity contribution in [3.05, 3.63) is 78.6 Å². The smallest absolute Gasteiger partial charge is 0.309 e. The zero-order valence-electron chi connectivity index (χ0n) is 20.4. The quantitative estimate of drug-likeness (QED) is 0.330. The van der Waals surface area contributed by atoms with Crippen molar-refractivity contribution in [3.8, 4) is 39.7 Å². The van der Waals surface area contributed by atoms with E-state index < -0.39 is 11.8 Å². The highest BCUT2D eigenvalue weighted by atomic mass is 19.1. The summed E-state index contributed by atoms with van der Waals surface area (Å²) in [4.78, 5) is 24.2. The molecule has 0 aliphatic rings. The maximum atomic E-state index is 14.1. The molecule has 0 radical (unpaired) electrons. The molecule has 7 nitrogen and oxygen atoms in total. The molecule has 0 atom stereocenters. The van der Waals surface area contributed by atoms with E-state index in [1.54, 1.807) is 43.5 Å². The lowest BCUT2D eigenvalue weighted by atomic mass is 10.0. The predicted molar refractivity (Wildman–Crippen MR) is 136 cm³/mol. The third-order valence-electron chi connectivity index (χ3n) is 5.47. The van der Waals surface area contributed by atoms with Crippen LogP contribution in [0.2, 0.25) is 0 Å². The fourth-order valence-corrected chi connectivity index (χ4v) is 3.63. The van der Waals surface area contributed by atoms with E-state index in [-0.39, 0.29) is 17.7 Å². The minimum Gasteiger partial charge on any atom is -0.497 e. The van der Waals surface area contributed by atoms with E-state index in [9.17, 15) is 14.0 Å². The zero-order chi connectivity index (χ0) is 25.8. The van der Waals surface area contributed by atoms with Gasteiger partial charge in [-0.2, -0.15) is 9.78 Å². The van der Waals surface area contributed by atoms with Crippen LogP contribution in [0.25, 0.3) is 28.1 Å². The summed E-state index contributed by atoms with van der Waals surface area (Å²) in [5, 5.41) is 7.60. The first-order valence-electron chi connectivity index (χ1n) is 11.4. The maximum Gasteiger partial charge on any atom is 0.309 e. The molecule has 0 aliphatic carbocycles. The van der Waals surface area contributed by atoms with Crippen LogP contribution in [0.15, 0.2) is 72.8 Å². The van der Waals surface area contributed by atoms with Crippen molar-refractivity contribution < 1.29 is 23.5 Å². The molecule has 3 aromatic carbocycles. The largest absolute Gasteiger partial charge is 0.497 e. The molecular formula is C28H26FN3O4. The van der Waals surface area contributed by atoms with Gasteiger partial charge in [0.15, 0.2) is 0 Å². The highest BCUT2D eigenvalue weighted by Gasteiger charge is 2.25. The molecule has 184 valence electrons. The van der Waals surface area contributed by atoms with Crippen LogP contribution in [0, 0.1) is 11.7 Å². The first kappa shape index (κ1) is 24.7. The van der Waals surface area contributed by atoms with E-state index in [1.807, 2.05) is 38.1 Å². The van der Waals surface area contributed by atoms with Gasteiger partial charge in [-0.3, -0.25) is 9.59 Å². The van der Waals surface area contributed by atoms with Crippen molar-refractivity contribution in [3.63, 3.8) is 0 Å². The molecule has 1 aromatic heterocycles. The summed E-state index contributed by atoms with van der Waals surface area (Å²) < 4.78 is 26.4. The fraction of sp³-hybridized carbons (Fsp3) is 0.179. The average molecular weight is 488 g/mol. The minimum absolute atomic E-state index is 0.0961. The zero-order valence-corrected chi connectivity index (χ0v) is 20.4. The number of esters is 1. The summed E-state index contributed by atoms with van der Waals surface area (Å²) in [6.07, 6.45) is 0. The van der Waals surface area contributed by atoms with Gasteiger partial charge in [-0.1, -0.05) is 32.0 Å². The Hall–Kier alpha value is -4.46. The third kappa shape index (κ3) is 5.27. The van der Waals surface area contributed by atoms with Gasteiger partial charge in [0.2, 0.25) is 11.8 Å². The molecule has 0 aliphatic heterocycles. The third-order valence-corrected chi connectivity index (χ3v) is 5.47. The van der Waals surface area contributed by atoms with Crippen molar-refractivity contribution in [2.75, 3.05) is 12.4 Å². The SMILES string of the molecule is COc1ccc(-c2nn(-c3cccc(F)c3)c(OC(C)=O)c2-c2ccc(NC(=O)C(C)C)cc2)cc1. The summed E-state index contributed by atoms with van der Waals surface area (Å²) in [5.41, 5.74) is 3.54. The number of carbonyl (C=O) groups is 2. The molecule has 36 heavy (non-hydrogen) atoms. The number of halogens is 1. The van der Waals surface area contributed by atoms with E-state index >= 15 is 0 Å². The van der Waals surface area contributed by atoms with Gasteiger partial charge in [0.1, 0.15) is 17.3 Å². The van der Waals surface area contributed by atoms with Crippen LogP contribution in [0.4, 0.5) is 10.1 Å². The monoisotopic (exact) mass is 487 g/mol. The van der Waals surface area contributed by atoms with Crippen molar-refractivity contribution in [2.24, 2.45) is 5.92 Å². The number of hydrogen-bond acceptors (Lipinski definition) is 5. The maximum absolute atomic E-state index is 14.1. The van der Waals surface area contributed by atoms with Gasteiger partial charge >= 0.3 is 5.97 Å². The Morgan fingerprint density at radius 3 is 2.22 bits per heavy atom. The van der Waals surface area contributed by atoms with E-state index in [1.165, 1.54) is 23.7 Å². The second kappa shape index (κ2) is 10.4. The topological polar surface area (TPSA) is 82.4 Å². The lowest BCUT2D eigenvalue weighted by Gasteiger charge is -2.11. The standard InChI is InChI=1S/C28H26FN3O4/c1-17(2)27(34)30-22-12-8-19(9-13-22)25-26(20-10-14-24(35-4)15-11-20)31-32(28(25)36-18(3)33)23-7-5-6-21(29)16-23/h5-17H,1-4H3,(H,30,34). The number of carbonyl (C=O) groups excluding carboxylic acids is 2. The van der Waals surface area contributed by atoms with Crippen LogP contribution in [-0.4, -0.2) is 28.8 Å². The Bertz CT molecular complexity index is 1390. The first-order valence-corrected chi connectivity index (χ1v) is 11.4. The Kier molecular flexibility index (Phi) is 7.15. The molecule has 0 bridgehead atoms. The van der Waals surface area contributed by atoms with E-state index in [2.05, 4.69) is 5.32 Å². The summed E-state index contributed by atoms with van der Waals surface area (Å²) in [5.74, 6) is -0.425. The molecule has 1 N–H and O–H groups in total. The molecule has 0 saturated carbocycles. The summed E-state index contributed by atoms with van der Waals surface area (Å²) >= 11 is 0. The number of methoxy groups -OCH3 is 1. The molecule has 0 unspecified atom stereocenters. The highest BCUT2D eigenvalue weighted by Crippen LogP contribution is 2.41. The molecule has 4 rings (SSSR count). The van der Waals surface area contributed by atoms with Crippen molar-refractivity contribution in [1.29, 1.82) is 0 Å². The summed E-state index contributed by atoms with van der Waals surface area (Å²) in [7, 11) is 1.58. The number of nitrogens with one attached hydrogen (secondary N) is 1. The number of nitrogens with zero attached hydrogens (tertiary/aromatic N) is 2. The van der Waals surface area contributed by atoms with Gasteiger partial charge in [0.25, 0.3) is 0 Å². The molecule has 0 fully saturated rings. The predicted octanol–water partition coefficient (Wildman–Crippen LogP) is 5.87. The van der Waals surface area contributed by atoms with Gasteiger partial charge in [0.05, 0.1) is 18.4 Å². The fourth-order valence-electron chi connectivity index (χ4n) is 3.63. The van der Waals surface area contributed by atoms with Gasteiger partial charge in [-0.05, 0) is 60.2 Å². The van der Waals surface area contributed by atoms with Crippen LogP contribution in [0.3, 0.4) is 0 Å². The molecule has 1 heterocycles. The van der Waals surface area contributed by atoms with Crippen LogP contribution < -0.4 is 14.8 Å². The van der Waals surface area contributed by atoms with Gasteiger partial charge in [-0.25, -0.2) is 4.39 Å². The van der Waals surface area contributed by atoms with Crippen LogP contribution >= 0.6 is 0 Å². The number of hydrogen-bond donors (Lipinski definition) is 1. The molecule has 0 saturated heterocycles. The van der Waals surface area contributed by atoms with Crippen molar-refractivity contribution in [1.82, 2.24) is 9.78 Å². The number of ether oxygens (including phenoxy) is 2. The van der Waals surface area contributed by atoms with Crippen LogP contribution in [0.1, 0.15) is 20.8 Å². The minimum atomic E-state index is -0.545. The number of amides is 1. The van der Waals surface area contributed by atoms with E-state index in [0.717, 1.165) is 5.56 Å². The van der Waals surface area contributed by atoms with E-state index in [0.29, 0.717) is 33.9 Å². The summed E-state index contributed by atoms with van der Waals surface area (Å²) in [6.45, 7) is 4.93. The van der Waals surface area contributed by atoms with Gasteiger partial charge in [-0.15, -0.1) is 0 Å². The molecule has 0 spiro atoms. The van der Waals surface area contributed by atoms with Crippen molar-refractivity contribution >= 4 is 17.6 Å². The van der Waals surface area contributed by atoms with Crippen molar-refractivity contribution in [2.45, 2.75) is 20.8 Å². The van der Waals surface area contributed by atoms with Crippen LogP contribution in [0.5, 0.6) is 11.6 Å². The number of aromatic nitrogens is 2. The first-order chi connectivity index (χ1) is 17.3. The molecular weight excluding hydrogens is 461 g/mol. The number of rotatable bonds is 7. The van der Waals surface area contributed by atoms with Gasteiger partial charge < -0.3 is 14.8 Å². The van der Waals surface area contributed by atoms with E-state index in [4.69, 9.17) is 14.6 Å². The normalized spacial score (nSPS) is 10.8. The summed E-state index contributed by atoms with van der Waals surface area (Å²) in [6, 6.07) is 20.3. The lowest BCUT2D eigenvalue weighted by molar-refractivity contribution is -0.132. The molecule has 4 aromatic rings. The van der Waals surface area contributed by atoms with Gasteiger partial charge in [0, 0.05) is 24.1 Å². The Morgan fingerprint density at radius 2 is 1.64 bits per heavy atom. The second-order valence-corrected chi connectivity index (χ2v) is 8.46. The Labute approximate surface area is 208 Å². The molecule has 1 amide bonds. The molecule has 8 heteroatoms. The Morgan fingerprint density at radius 1 is 0.972 bits per heavy atom. The number of anilines is 1. The second-order valence-electron chi connectivity index (χ2n) is 8.46.